The van der Waals surface area contributed by atoms with Crippen molar-refractivity contribution in [2.45, 2.75) is 32.1 Å². The van der Waals surface area contributed by atoms with Gasteiger partial charge in [-0.15, -0.1) is 0 Å². The van der Waals surface area contributed by atoms with Gasteiger partial charge in [-0.25, -0.2) is 9.97 Å². The highest BCUT2D eigenvalue weighted by molar-refractivity contribution is 7.80. The number of pyridine rings is 1. The summed E-state index contributed by atoms with van der Waals surface area (Å²) < 4.78 is 16.6. The molecular formula is C19H21N5O3S. The van der Waals surface area contributed by atoms with E-state index >= 15 is 0 Å². The van der Waals surface area contributed by atoms with Crippen molar-refractivity contribution in [2.75, 3.05) is 19.0 Å². The van der Waals surface area contributed by atoms with E-state index in [2.05, 4.69) is 25.6 Å². The van der Waals surface area contributed by atoms with Gasteiger partial charge in [-0.2, -0.15) is 0 Å². The first-order chi connectivity index (χ1) is 13.7. The van der Waals surface area contributed by atoms with Crippen LogP contribution in [0.2, 0.25) is 0 Å². The highest BCUT2D eigenvalue weighted by Gasteiger charge is 2.22. The molecule has 3 aromatic rings. The average Bonchev–Trinajstić information content (AvgIpc) is 3.37. The highest BCUT2D eigenvalue weighted by atomic mass is 32.1. The van der Waals surface area contributed by atoms with Gasteiger partial charge in [0, 0.05) is 19.8 Å². The second-order valence-electron chi connectivity index (χ2n) is 6.39. The molecule has 2 N–H and O–H groups in total. The van der Waals surface area contributed by atoms with Crippen molar-refractivity contribution in [1.29, 1.82) is 0 Å². The molecule has 3 aromatic heterocycles. The molecule has 1 aliphatic carbocycles. The summed E-state index contributed by atoms with van der Waals surface area (Å²) >= 11 is 5.30. The van der Waals surface area contributed by atoms with E-state index in [1.807, 2.05) is 25.1 Å². The number of furan rings is 1. The maximum atomic E-state index is 5.84. The molecule has 0 aliphatic heterocycles. The molecule has 9 heteroatoms. The summed E-state index contributed by atoms with van der Waals surface area (Å²) in [5.74, 6) is 1.76. The van der Waals surface area contributed by atoms with Crippen LogP contribution in [0.3, 0.4) is 0 Å². The number of rotatable bonds is 7. The maximum Gasteiger partial charge on any atom is 0.216 e. The van der Waals surface area contributed by atoms with Gasteiger partial charge in [0.1, 0.15) is 17.0 Å². The van der Waals surface area contributed by atoms with Gasteiger partial charge in [0.25, 0.3) is 0 Å². The summed E-state index contributed by atoms with van der Waals surface area (Å²) in [4.78, 5) is 13.5. The van der Waals surface area contributed by atoms with Crippen molar-refractivity contribution < 1.29 is 13.9 Å². The first-order valence-electron chi connectivity index (χ1n) is 9.12. The standard InChI is InChI=1S/C19H21N5O3S/c1-3-26-18(25-2)15-8-7-14(27-15)13-10-20-12-6-9-16(23-17(12)22-13)24-19(28)21-11-4-5-11/h6-11,18H,3-5H2,1-2H3,(H2,21,22,23,24,28). The number of hydrogen-bond donors (Lipinski definition) is 2. The second kappa shape index (κ2) is 8.17. The Hall–Kier alpha value is -2.62. The largest absolute Gasteiger partial charge is 0.454 e. The summed E-state index contributed by atoms with van der Waals surface area (Å²) in [7, 11) is 1.57. The molecule has 1 atom stereocenters. The molecular weight excluding hydrogens is 378 g/mol. The fraction of sp³-hybridized carbons (Fsp3) is 0.368. The van der Waals surface area contributed by atoms with Crippen LogP contribution in [0.25, 0.3) is 22.6 Å². The van der Waals surface area contributed by atoms with E-state index < -0.39 is 6.29 Å². The van der Waals surface area contributed by atoms with E-state index in [1.165, 1.54) is 0 Å². The van der Waals surface area contributed by atoms with Crippen molar-refractivity contribution >= 4 is 34.3 Å². The Labute approximate surface area is 167 Å². The predicted molar refractivity (Wildman–Crippen MR) is 109 cm³/mol. The van der Waals surface area contributed by atoms with E-state index in [4.69, 9.17) is 26.1 Å². The van der Waals surface area contributed by atoms with Crippen LogP contribution in [0.4, 0.5) is 5.82 Å². The maximum absolute atomic E-state index is 5.84. The molecule has 8 nitrogen and oxygen atoms in total. The fourth-order valence-corrected chi connectivity index (χ4v) is 2.96. The summed E-state index contributed by atoms with van der Waals surface area (Å²) in [5, 5.41) is 6.88. The lowest BCUT2D eigenvalue weighted by molar-refractivity contribution is -0.134. The van der Waals surface area contributed by atoms with Gasteiger partial charge in [-0.05, 0) is 56.2 Å². The lowest BCUT2D eigenvalue weighted by Gasteiger charge is -2.11. The summed E-state index contributed by atoms with van der Waals surface area (Å²) in [6.45, 7) is 2.41. The molecule has 1 saturated carbocycles. The van der Waals surface area contributed by atoms with Crippen LogP contribution in [0.5, 0.6) is 0 Å². The van der Waals surface area contributed by atoms with Crippen LogP contribution < -0.4 is 10.6 Å². The quantitative estimate of drug-likeness (QED) is 0.458. The Morgan fingerprint density at radius 1 is 1.29 bits per heavy atom. The normalized spacial score (nSPS) is 14.8. The van der Waals surface area contributed by atoms with E-state index in [-0.39, 0.29) is 0 Å². The van der Waals surface area contributed by atoms with Gasteiger partial charge >= 0.3 is 0 Å². The van der Waals surface area contributed by atoms with Crippen molar-refractivity contribution in [3.63, 3.8) is 0 Å². The summed E-state index contributed by atoms with van der Waals surface area (Å²) in [5.41, 5.74) is 1.77. The zero-order valence-electron chi connectivity index (χ0n) is 15.6. The van der Waals surface area contributed by atoms with Crippen LogP contribution in [-0.2, 0) is 9.47 Å². The second-order valence-corrected chi connectivity index (χ2v) is 6.80. The molecule has 0 spiro atoms. The Balaban J connectivity index is 1.56. The SMILES string of the molecule is CCOC(OC)c1ccc(-c2cnc3ccc(NC(=S)NC4CC4)nc3n2)o1. The number of thiocarbonyl (C=S) groups is 1. The molecule has 0 aromatic carbocycles. The van der Waals surface area contributed by atoms with E-state index in [0.717, 1.165) is 12.8 Å². The Kier molecular flexibility index (Phi) is 5.47. The zero-order valence-corrected chi connectivity index (χ0v) is 16.5. The molecule has 0 bridgehead atoms. The van der Waals surface area contributed by atoms with E-state index in [0.29, 0.717) is 52.0 Å². The third-order valence-corrected chi connectivity index (χ3v) is 4.42. The molecule has 1 fully saturated rings. The van der Waals surface area contributed by atoms with Gasteiger partial charge in [-0.1, -0.05) is 0 Å². The Morgan fingerprint density at radius 2 is 2.14 bits per heavy atom. The number of anilines is 1. The van der Waals surface area contributed by atoms with E-state index in [1.54, 1.807) is 19.4 Å². The number of nitrogens with zero attached hydrogens (tertiary/aromatic N) is 3. The molecule has 1 unspecified atom stereocenters. The molecule has 1 aliphatic rings. The lowest BCUT2D eigenvalue weighted by atomic mass is 10.3. The Bertz CT molecular complexity index is 989. The van der Waals surface area contributed by atoms with E-state index in [9.17, 15) is 0 Å². The monoisotopic (exact) mass is 399 g/mol. The summed E-state index contributed by atoms with van der Waals surface area (Å²) in [6.07, 6.45) is 3.41. The smallest absolute Gasteiger partial charge is 0.216 e. The van der Waals surface area contributed by atoms with Gasteiger partial charge < -0.3 is 24.5 Å². The number of ether oxygens (including phenoxy) is 2. The number of fused-ring (bicyclic) bond motifs is 1. The Morgan fingerprint density at radius 3 is 2.89 bits per heavy atom. The molecule has 4 rings (SSSR count). The number of hydrogen-bond acceptors (Lipinski definition) is 7. The highest BCUT2D eigenvalue weighted by Crippen LogP contribution is 2.27. The zero-order chi connectivity index (χ0) is 19.5. The minimum absolute atomic E-state index is 0.479. The van der Waals surface area contributed by atoms with Gasteiger partial charge in [-0.3, -0.25) is 4.98 Å². The third-order valence-electron chi connectivity index (χ3n) is 4.20. The lowest BCUT2D eigenvalue weighted by Crippen LogP contribution is -2.30. The summed E-state index contributed by atoms with van der Waals surface area (Å²) in [6, 6.07) is 7.77. The number of methoxy groups -OCH3 is 1. The van der Waals surface area contributed by atoms with Crippen molar-refractivity contribution in [2.24, 2.45) is 0 Å². The average molecular weight is 399 g/mol. The van der Waals surface area contributed by atoms with Crippen LogP contribution in [0.1, 0.15) is 31.8 Å². The molecule has 0 radical (unpaired) electrons. The van der Waals surface area contributed by atoms with Gasteiger partial charge in [0.15, 0.2) is 22.3 Å². The van der Waals surface area contributed by atoms with Gasteiger partial charge in [0.2, 0.25) is 6.29 Å². The van der Waals surface area contributed by atoms with Crippen LogP contribution in [0, 0.1) is 0 Å². The molecule has 3 heterocycles. The molecule has 146 valence electrons. The number of nitrogens with one attached hydrogen (secondary N) is 2. The third kappa shape index (κ3) is 4.27. The topological polar surface area (TPSA) is 94.3 Å². The molecule has 0 saturated heterocycles. The van der Waals surface area contributed by atoms with Crippen molar-refractivity contribution in [1.82, 2.24) is 20.3 Å². The minimum Gasteiger partial charge on any atom is -0.454 e. The first-order valence-corrected chi connectivity index (χ1v) is 9.53. The predicted octanol–water partition coefficient (Wildman–Crippen LogP) is 3.42. The van der Waals surface area contributed by atoms with Gasteiger partial charge in [0.05, 0.1) is 6.20 Å². The minimum atomic E-state index is -0.555. The number of aromatic nitrogens is 3. The van der Waals surface area contributed by atoms with Crippen LogP contribution >= 0.6 is 12.2 Å². The van der Waals surface area contributed by atoms with Crippen molar-refractivity contribution in [3.8, 4) is 11.5 Å². The van der Waals surface area contributed by atoms with Crippen molar-refractivity contribution in [3.05, 3.63) is 36.2 Å². The first kappa shape index (κ1) is 18.7. The molecule has 0 amide bonds. The van der Waals surface area contributed by atoms with Crippen LogP contribution in [0.15, 0.2) is 34.9 Å². The van der Waals surface area contributed by atoms with Crippen LogP contribution in [-0.4, -0.2) is 39.8 Å². The molecule has 28 heavy (non-hydrogen) atoms. The fourth-order valence-electron chi connectivity index (χ4n) is 2.69.